The van der Waals surface area contributed by atoms with Crippen LogP contribution >= 0.6 is 8.25 Å². The number of rotatable bonds is 5. The molecule has 0 aromatic carbocycles. The van der Waals surface area contributed by atoms with Gasteiger partial charge in [0.1, 0.15) is 6.10 Å². The van der Waals surface area contributed by atoms with Gasteiger partial charge in [0, 0.05) is 4.57 Å². The van der Waals surface area contributed by atoms with Gasteiger partial charge in [0.05, 0.1) is 0 Å². The summed E-state index contributed by atoms with van der Waals surface area (Å²) in [4.78, 5) is 8.84. The van der Waals surface area contributed by atoms with E-state index in [4.69, 9.17) is 9.42 Å². The van der Waals surface area contributed by atoms with E-state index in [9.17, 15) is 4.57 Å². The van der Waals surface area contributed by atoms with Gasteiger partial charge in [0.2, 0.25) is 0 Å². The highest BCUT2D eigenvalue weighted by molar-refractivity contribution is 7.32. The second kappa shape index (κ2) is 5.38. The maximum Gasteiger partial charge on any atom is 0.695 e. The van der Waals surface area contributed by atoms with Crippen molar-refractivity contribution in [1.82, 2.24) is 0 Å². The molecule has 15 heavy (non-hydrogen) atoms. The molecule has 0 amide bonds. The first-order valence-electron chi connectivity index (χ1n) is 5.41. The molecule has 0 spiro atoms. The van der Waals surface area contributed by atoms with Crippen molar-refractivity contribution < 1.29 is 14.0 Å². The van der Waals surface area contributed by atoms with Gasteiger partial charge >= 0.3 is 8.25 Å². The van der Waals surface area contributed by atoms with E-state index < -0.39 is 8.25 Å². The Balaban J connectivity index is 4.59. The van der Waals surface area contributed by atoms with E-state index in [1.807, 2.05) is 20.8 Å². The van der Waals surface area contributed by atoms with Crippen LogP contribution in [0, 0.1) is 10.8 Å². The molecule has 0 aliphatic rings. The van der Waals surface area contributed by atoms with Gasteiger partial charge in [-0.25, -0.2) is 0 Å². The largest absolute Gasteiger partial charge is 0.695 e. The fraction of sp³-hybridized carbons (Fsp3) is 1.00. The van der Waals surface area contributed by atoms with Gasteiger partial charge in [-0.2, -0.15) is 0 Å². The van der Waals surface area contributed by atoms with Gasteiger partial charge in [-0.05, 0) is 17.3 Å². The van der Waals surface area contributed by atoms with Crippen molar-refractivity contribution in [3.05, 3.63) is 0 Å². The first-order valence-corrected chi connectivity index (χ1v) is 6.54. The van der Waals surface area contributed by atoms with Crippen molar-refractivity contribution in [2.75, 3.05) is 0 Å². The van der Waals surface area contributed by atoms with Crippen LogP contribution < -0.4 is 0 Å². The highest BCUT2D eigenvalue weighted by Gasteiger charge is 2.37. The molecule has 0 heterocycles. The maximum atomic E-state index is 10.8. The van der Waals surface area contributed by atoms with E-state index in [2.05, 4.69) is 20.8 Å². The Morgan fingerprint density at radius 3 is 2.00 bits per heavy atom. The molecule has 0 aliphatic heterocycles. The highest BCUT2D eigenvalue weighted by Crippen LogP contribution is 2.38. The lowest BCUT2D eigenvalue weighted by atomic mass is 9.76. The monoisotopic (exact) mass is 235 g/mol. The summed E-state index contributed by atoms with van der Waals surface area (Å²) in [7, 11) is -2.51. The molecule has 3 nitrogen and oxygen atoms in total. The predicted octanol–water partition coefficient (Wildman–Crippen LogP) is 3.89. The van der Waals surface area contributed by atoms with Gasteiger partial charge in [-0.1, -0.05) is 48.0 Å². The van der Waals surface area contributed by atoms with Crippen molar-refractivity contribution in [1.29, 1.82) is 0 Å². The SMILES string of the molecule is CCC(C)(C)CC(O[P+](=O)O)C(C)(C)C. The molecule has 0 saturated heterocycles. The fourth-order valence-corrected chi connectivity index (χ4v) is 1.87. The smallest absolute Gasteiger partial charge is 0.133 e. The van der Waals surface area contributed by atoms with Crippen molar-refractivity contribution >= 4 is 8.25 Å². The molecule has 0 aromatic rings. The summed E-state index contributed by atoms with van der Waals surface area (Å²) in [6, 6.07) is 0. The molecule has 4 heteroatoms. The van der Waals surface area contributed by atoms with Crippen LogP contribution in [0.1, 0.15) is 54.4 Å². The van der Waals surface area contributed by atoms with Crippen LogP contribution in [0.5, 0.6) is 0 Å². The van der Waals surface area contributed by atoms with Crippen molar-refractivity contribution in [2.45, 2.75) is 60.5 Å². The Hall–Kier alpha value is 0.0200. The third-order valence-electron chi connectivity index (χ3n) is 2.88. The summed E-state index contributed by atoms with van der Waals surface area (Å²) >= 11 is 0. The van der Waals surface area contributed by atoms with Crippen LogP contribution in [0.4, 0.5) is 0 Å². The summed E-state index contributed by atoms with van der Waals surface area (Å²) in [5.74, 6) is 0. The lowest BCUT2D eigenvalue weighted by Crippen LogP contribution is -2.32. The second-order valence-corrected chi connectivity index (χ2v) is 6.61. The fourth-order valence-electron chi connectivity index (χ4n) is 1.26. The zero-order chi connectivity index (χ0) is 12.3. The average molecular weight is 235 g/mol. The van der Waals surface area contributed by atoms with E-state index in [-0.39, 0.29) is 16.9 Å². The van der Waals surface area contributed by atoms with Crippen LogP contribution in [0.15, 0.2) is 0 Å². The lowest BCUT2D eigenvalue weighted by molar-refractivity contribution is 0.0416. The third kappa shape index (κ3) is 6.24. The Kier molecular flexibility index (Phi) is 5.39. The molecule has 0 saturated carbocycles. The van der Waals surface area contributed by atoms with Gasteiger partial charge < -0.3 is 0 Å². The van der Waals surface area contributed by atoms with Gasteiger partial charge in [0.15, 0.2) is 0 Å². The molecule has 0 radical (unpaired) electrons. The maximum absolute atomic E-state index is 10.8. The van der Waals surface area contributed by atoms with Crippen LogP contribution in [0.2, 0.25) is 0 Å². The molecule has 0 aliphatic carbocycles. The Morgan fingerprint density at radius 2 is 1.73 bits per heavy atom. The van der Waals surface area contributed by atoms with Crippen LogP contribution in [0.3, 0.4) is 0 Å². The Labute approximate surface area is 94.2 Å². The van der Waals surface area contributed by atoms with E-state index in [0.29, 0.717) is 0 Å². The number of hydrogen-bond donors (Lipinski definition) is 1. The molecule has 0 bridgehead atoms. The van der Waals surface area contributed by atoms with Crippen molar-refractivity contribution in [2.24, 2.45) is 10.8 Å². The summed E-state index contributed by atoms with van der Waals surface area (Å²) in [6.45, 7) is 12.5. The molecule has 2 unspecified atom stereocenters. The molecule has 1 N–H and O–H groups in total. The summed E-state index contributed by atoms with van der Waals surface area (Å²) in [6.07, 6.45) is 1.65. The minimum absolute atomic E-state index is 0.111. The first-order chi connectivity index (χ1) is 6.58. The second-order valence-electron chi connectivity index (χ2n) is 5.92. The van der Waals surface area contributed by atoms with Crippen molar-refractivity contribution in [3.63, 3.8) is 0 Å². The molecular weight excluding hydrogens is 211 g/mol. The third-order valence-corrected chi connectivity index (χ3v) is 3.31. The molecular formula is C11H24O3P+. The van der Waals surface area contributed by atoms with E-state index in [0.717, 1.165) is 12.8 Å². The Bertz CT molecular complexity index is 218. The summed E-state index contributed by atoms with van der Waals surface area (Å²) < 4.78 is 15.9. The van der Waals surface area contributed by atoms with E-state index in [1.165, 1.54) is 0 Å². The van der Waals surface area contributed by atoms with Gasteiger partial charge in [-0.3, -0.25) is 0 Å². The zero-order valence-corrected chi connectivity index (χ0v) is 11.6. The molecule has 2 atom stereocenters. The molecule has 0 aromatic heterocycles. The van der Waals surface area contributed by atoms with E-state index in [1.54, 1.807) is 0 Å². The number of hydrogen-bond acceptors (Lipinski definition) is 2. The van der Waals surface area contributed by atoms with Crippen LogP contribution in [-0.4, -0.2) is 11.0 Å². The minimum Gasteiger partial charge on any atom is -0.133 e. The summed E-state index contributed by atoms with van der Waals surface area (Å²) in [5.41, 5.74) is 0.0312. The summed E-state index contributed by atoms with van der Waals surface area (Å²) in [5, 5.41) is 0. The first kappa shape index (κ1) is 15.0. The minimum atomic E-state index is -2.51. The topological polar surface area (TPSA) is 46.5 Å². The molecule has 0 rings (SSSR count). The van der Waals surface area contributed by atoms with Crippen molar-refractivity contribution in [3.8, 4) is 0 Å². The van der Waals surface area contributed by atoms with Crippen LogP contribution in [-0.2, 0) is 9.09 Å². The standard InChI is InChI=1S/C11H23O3P/c1-7-11(5,6)8-9(10(2,3)4)14-15(12)13/h9H,7-8H2,1-6H3/p+1. The Morgan fingerprint density at radius 1 is 1.27 bits per heavy atom. The average Bonchev–Trinajstić information content (AvgIpc) is 2.00. The van der Waals surface area contributed by atoms with Crippen LogP contribution in [0.25, 0.3) is 0 Å². The predicted molar refractivity (Wildman–Crippen MR) is 62.8 cm³/mol. The lowest BCUT2D eigenvalue weighted by Gasteiger charge is -2.32. The molecule has 0 fully saturated rings. The quantitative estimate of drug-likeness (QED) is 0.735. The highest BCUT2D eigenvalue weighted by atomic mass is 31.1. The van der Waals surface area contributed by atoms with Gasteiger partial charge in [-0.15, -0.1) is 9.42 Å². The zero-order valence-electron chi connectivity index (χ0n) is 10.7. The van der Waals surface area contributed by atoms with Gasteiger partial charge in [0.25, 0.3) is 0 Å². The normalized spacial score (nSPS) is 16.3. The van der Waals surface area contributed by atoms with E-state index >= 15 is 0 Å². The molecule has 90 valence electrons.